The zero-order valence-electron chi connectivity index (χ0n) is 9.76. The van der Waals surface area contributed by atoms with Gasteiger partial charge < -0.3 is 0 Å². The molecule has 6 aliphatic carbocycles. The Bertz CT molecular complexity index is 372. The molecule has 0 amide bonds. The Morgan fingerprint density at radius 2 is 1.00 bits per heavy atom. The molecule has 5 fully saturated rings. The number of fused-ring (bicyclic) bond motifs is 3. The summed E-state index contributed by atoms with van der Waals surface area (Å²) in [6.45, 7) is 0. The predicted molar refractivity (Wildman–Crippen MR) is 62.5 cm³/mol. The average Bonchev–Trinajstić information content (AvgIpc) is 2.97. The van der Waals surface area contributed by atoms with Crippen molar-refractivity contribution in [3.8, 4) is 0 Å². The third-order valence-corrected chi connectivity index (χ3v) is 7.96. The summed E-state index contributed by atoms with van der Waals surface area (Å²) < 4.78 is 0. The van der Waals surface area contributed by atoms with Crippen LogP contribution in [0.2, 0.25) is 0 Å². The van der Waals surface area contributed by atoms with E-state index in [4.69, 9.17) is 0 Å². The summed E-state index contributed by atoms with van der Waals surface area (Å²) in [5.41, 5.74) is 0. The molecule has 0 aromatic rings. The Morgan fingerprint density at radius 3 is 1.56 bits per heavy atom. The summed E-state index contributed by atoms with van der Waals surface area (Å²) in [5.74, 6) is 11.6. The van der Waals surface area contributed by atoms with Crippen LogP contribution in [0, 0.1) is 59.2 Å². The first-order valence-electron chi connectivity index (χ1n) is 7.63. The Hall–Kier alpha value is -0.260. The maximum atomic E-state index is 2.67. The SMILES string of the molecule is C1=C[C@H]2C3C4[C@H]5[C@H](CC[C@H]5[C@@H]13)[C@@H]1CC[C@H]2[C@@H]41. The summed E-state index contributed by atoms with van der Waals surface area (Å²) in [5, 5.41) is 0. The summed E-state index contributed by atoms with van der Waals surface area (Å²) in [4.78, 5) is 0. The number of allylic oxidation sites excluding steroid dienone is 2. The quantitative estimate of drug-likeness (QED) is 0.540. The Kier molecular flexibility index (Phi) is 1.08. The van der Waals surface area contributed by atoms with E-state index < -0.39 is 0 Å². The Balaban J connectivity index is 1.65. The first kappa shape index (κ1) is 7.95. The van der Waals surface area contributed by atoms with Gasteiger partial charge in [0.25, 0.3) is 0 Å². The molecule has 6 rings (SSSR count). The minimum Gasteiger partial charge on any atom is -0.0845 e. The van der Waals surface area contributed by atoms with Crippen LogP contribution in [0.25, 0.3) is 0 Å². The highest BCUT2D eigenvalue weighted by molar-refractivity contribution is 5.28. The molecule has 16 heavy (non-hydrogen) atoms. The highest BCUT2D eigenvalue weighted by Gasteiger charge is 2.73. The fourth-order valence-electron chi connectivity index (χ4n) is 8.12. The normalized spacial score (nSPS) is 75.5. The Labute approximate surface area is 97.5 Å². The molecule has 0 bridgehead atoms. The molecule has 0 nitrogen and oxygen atoms in total. The minimum absolute atomic E-state index is 1.05. The molecule has 0 saturated heterocycles. The lowest BCUT2D eigenvalue weighted by atomic mass is 9.84. The van der Waals surface area contributed by atoms with Gasteiger partial charge in [0.05, 0.1) is 0 Å². The molecule has 0 aromatic carbocycles. The monoisotopic (exact) mass is 212 g/mol. The zero-order valence-corrected chi connectivity index (χ0v) is 9.76. The van der Waals surface area contributed by atoms with Gasteiger partial charge in [-0.05, 0) is 84.9 Å². The van der Waals surface area contributed by atoms with Gasteiger partial charge >= 0.3 is 0 Å². The van der Waals surface area contributed by atoms with Gasteiger partial charge in [0.15, 0.2) is 0 Å². The first-order chi connectivity index (χ1) is 7.95. The van der Waals surface area contributed by atoms with E-state index in [9.17, 15) is 0 Å². The van der Waals surface area contributed by atoms with Gasteiger partial charge in [-0.15, -0.1) is 0 Å². The second-order valence-electron chi connectivity index (χ2n) is 7.66. The molecule has 0 aliphatic heterocycles. The molecule has 6 aliphatic rings. The zero-order chi connectivity index (χ0) is 10.0. The van der Waals surface area contributed by atoms with Crippen molar-refractivity contribution in [1.82, 2.24) is 0 Å². The third kappa shape index (κ3) is 0.567. The first-order valence-corrected chi connectivity index (χ1v) is 7.63. The highest BCUT2D eigenvalue weighted by Crippen LogP contribution is 2.78. The molecule has 0 radical (unpaired) electrons. The van der Waals surface area contributed by atoms with Crippen molar-refractivity contribution in [2.75, 3.05) is 0 Å². The van der Waals surface area contributed by atoms with E-state index in [1.54, 1.807) is 25.7 Å². The van der Waals surface area contributed by atoms with E-state index in [0.29, 0.717) is 0 Å². The van der Waals surface area contributed by atoms with Crippen molar-refractivity contribution in [2.24, 2.45) is 59.2 Å². The lowest BCUT2D eigenvalue weighted by molar-refractivity contribution is 0.300. The minimum atomic E-state index is 1.05. The molecule has 84 valence electrons. The fraction of sp³-hybridized carbons (Fsp3) is 0.875. The van der Waals surface area contributed by atoms with Crippen molar-refractivity contribution in [2.45, 2.75) is 25.7 Å². The molecule has 0 heteroatoms. The van der Waals surface area contributed by atoms with Gasteiger partial charge in [-0.3, -0.25) is 0 Å². The molecule has 10 atom stereocenters. The van der Waals surface area contributed by atoms with Crippen molar-refractivity contribution < 1.29 is 0 Å². The molecular formula is C16H20. The van der Waals surface area contributed by atoms with E-state index in [1.807, 2.05) is 0 Å². The number of hydrogen-bond donors (Lipinski definition) is 0. The summed E-state index contributed by atoms with van der Waals surface area (Å²) in [6, 6.07) is 0. The van der Waals surface area contributed by atoms with Gasteiger partial charge in [-0.1, -0.05) is 12.2 Å². The molecule has 0 spiro atoms. The molecule has 0 heterocycles. The standard InChI is InChI=1S/C16H20/c1-2-8-10-5-6-12-11-4-3-9-7(1)13(8)16(14(9)11)15(10)12/h1-2,7-16H,3-6H2/t7-,8-,9-,10+,11+,12-,13?,14-,15-,16?/m1/s1. The Morgan fingerprint density at radius 1 is 0.500 bits per heavy atom. The second kappa shape index (κ2) is 2.18. The van der Waals surface area contributed by atoms with E-state index in [-0.39, 0.29) is 0 Å². The summed E-state index contributed by atoms with van der Waals surface area (Å²) in [7, 11) is 0. The van der Waals surface area contributed by atoms with Gasteiger partial charge in [-0.2, -0.15) is 0 Å². The predicted octanol–water partition coefficient (Wildman–Crippen LogP) is 3.35. The van der Waals surface area contributed by atoms with Crippen LogP contribution in [0.5, 0.6) is 0 Å². The molecule has 5 saturated carbocycles. The second-order valence-corrected chi connectivity index (χ2v) is 7.66. The van der Waals surface area contributed by atoms with Crippen LogP contribution >= 0.6 is 0 Å². The van der Waals surface area contributed by atoms with Crippen LogP contribution in [0.3, 0.4) is 0 Å². The van der Waals surface area contributed by atoms with Crippen molar-refractivity contribution in [3.63, 3.8) is 0 Å². The number of rotatable bonds is 0. The van der Waals surface area contributed by atoms with E-state index in [0.717, 1.165) is 29.6 Å². The smallest absolute Gasteiger partial charge is 0.0165 e. The van der Waals surface area contributed by atoms with Crippen LogP contribution in [-0.4, -0.2) is 0 Å². The fourth-order valence-corrected chi connectivity index (χ4v) is 8.12. The van der Waals surface area contributed by atoms with Crippen LogP contribution in [0.15, 0.2) is 12.2 Å². The van der Waals surface area contributed by atoms with E-state index in [1.165, 1.54) is 29.6 Å². The van der Waals surface area contributed by atoms with Crippen LogP contribution in [0.1, 0.15) is 25.7 Å². The molecule has 2 unspecified atom stereocenters. The molecular weight excluding hydrogens is 192 g/mol. The third-order valence-electron chi connectivity index (χ3n) is 7.96. The topological polar surface area (TPSA) is 0 Å². The lowest BCUT2D eigenvalue weighted by Gasteiger charge is -2.20. The van der Waals surface area contributed by atoms with Crippen LogP contribution in [0.4, 0.5) is 0 Å². The summed E-state index contributed by atoms with van der Waals surface area (Å²) in [6.07, 6.45) is 11.8. The largest absolute Gasteiger partial charge is 0.0845 e. The van der Waals surface area contributed by atoms with Crippen molar-refractivity contribution in [1.29, 1.82) is 0 Å². The van der Waals surface area contributed by atoms with E-state index >= 15 is 0 Å². The molecule has 0 aromatic heterocycles. The van der Waals surface area contributed by atoms with Gasteiger partial charge in [-0.25, -0.2) is 0 Å². The van der Waals surface area contributed by atoms with Crippen LogP contribution < -0.4 is 0 Å². The van der Waals surface area contributed by atoms with Crippen LogP contribution in [-0.2, 0) is 0 Å². The average molecular weight is 212 g/mol. The molecule has 0 N–H and O–H groups in total. The van der Waals surface area contributed by atoms with Crippen molar-refractivity contribution >= 4 is 0 Å². The van der Waals surface area contributed by atoms with Gasteiger partial charge in [0.1, 0.15) is 0 Å². The van der Waals surface area contributed by atoms with E-state index in [2.05, 4.69) is 12.2 Å². The summed E-state index contributed by atoms with van der Waals surface area (Å²) >= 11 is 0. The van der Waals surface area contributed by atoms with Gasteiger partial charge in [0, 0.05) is 0 Å². The van der Waals surface area contributed by atoms with Gasteiger partial charge in [0.2, 0.25) is 0 Å². The maximum absolute atomic E-state index is 2.67. The van der Waals surface area contributed by atoms with Crippen molar-refractivity contribution in [3.05, 3.63) is 12.2 Å². The highest BCUT2D eigenvalue weighted by atomic mass is 14.8. The maximum Gasteiger partial charge on any atom is -0.0165 e. The lowest BCUT2D eigenvalue weighted by Crippen LogP contribution is -2.15. The number of hydrogen-bond acceptors (Lipinski definition) is 0.